The topological polar surface area (TPSA) is 72.9 Å². The fraction of sp³-hybridized carbons (Fsp3) is 0.417. The van der Waals surface area contributed by atoms with Gasteiger partial charge >= 0.3 is 0 Å². The third kappa shape index (κ3) is 3.61. The van der Waals surface area contributed by atoms with Crippen molar-refractivity contribution in [1.82, 2.24) is 24.9 Å². The molecule has 2 N–H and O–H groups in total. The Morgan fingerprint density at radius 2 is 2.28 bits per heavy atom. The third-order valence-electron chi connectivity index (χ3n) is 2.55. The van der Waals surface area contributed by atoms with Crippen LogP contribution in [-0.2, 0) is 19.6 Å². The summed E-state index contributed by atoms with van der Waals surface area (Å²) in [5.41, 5.74) is 7.61. The minimum absolute atomic E-state index is 0.578. The zero-order valence-electron chi connectivity index (χ0n) is 10.5. The molecule has 0 aliphatic heterocycles. The van der Waals surface area contributed by atoms with Crippen LogP contribution < -0.4 is 5.73 Å². The van der Waals surface area contributed by atoms with Crippen LogP contribution in [0.15, 0.2) is 30.7 Å². The maximum Gasteiger partial charge on any atom is 0.0967 e. The lowest BCUT2D eigenvalue weighted by molar-refractivity contribution is 0.314. The fourth-order valence-corrected chi connectivity index (χ4v) is 1.79. The van der Waals surface area contributed by atoms with Crippen LogP contribution in [0.2, 0.25) is 0 Å². The molecule has 0 aromatic carbocycles. The lowest BCUT2D eigenvalue weighted by atomic mass is 10.2. The Bertz CT molecular complexity index is 466. The second kappa shape index (κ2) is 6.23. The first-order valence-corrected chi connectivity index (χ1v) is 5.94. The average molecular weight is 246 g/mol. The van der Waals surface area contributed by atoms with Crippen molar-refractivity contribution in [3.8, 4) is 0 Å². The van der Waals surface area contributed by atoms with E-state index in [1.807, 2.05) is 18.5 Å². The Hall–Kier alpha value is -1.79. The Kier molecular flexibility index (Phi) is 4.38. The summed E-state index contributed by atoms with van der Waals surface area (Å²) in [4.78, 5) is 6.28. The molecule has 0 aliphatic rings. The first-order chi connectivity index (χ1) is 8.78. The maximum absolute atomic E-state index is 5.47. The summed E-state index contributed by atoms with van der Waals surface area (Å²) < 4.78 is 1.77. The number of aromatic nitrogens is 4. The van der Waals surface area contributed by atoms with Gasteiger partial charge in [0.25, 0.3) is 0 Å². The van der Waals surface area contributed by atoms with E-state index >= 15 is 0 Å². The van der Waals surface area contributed by atoms with Crippen molar-refractivity contribution < 1.29 is 0 Å². The molecule has 0 aliphatic carbocycles. The maximum atomic E-state index is 5.47. The first kappa shape index (κ1) is 12.7. The summed E-state index contributed by atoms with van der Waals surface area (Å²) in [6, 6.07) is 4.01. The van der Waals surface area contributed by atoms with Crippen LogP contribution in [0.3, 0.4) is 0 Å². The molecule has 2 aromatic rings. The summed E-state index contributed by atoms with van der Waals surface area (Å²) in [6.45, 7) is 2.89. The molecule has 6 nitrogen and oxygen atoms in total. The molecule has 2 aromatic heterocycles. The lowest BCUT2D eigenvalue weighted by Crippen LogP contribution is -2.17. The summed E-state index contributed by atoms with van der Waals surface area (Å²) >= 11 is 0. The minimum Gasteiger partial charge on any atom is -0.329 e. The quantitative estimate of drug-likeness (QED) is 0.791. The molecule has 96 valence electrons. The molecule has 2 rings (SSSR count). The van der Waals surface area contributed by atoms with Crippen LogP contribution in [0.25, 0.3) is 0 Å². The third-order valence-corrected chi connectivity index (χ3v) is 2.55. The highest BCUT2D eigenvalue weighted by Crippen LogP contribution is 2.04. The van der Waals surface area contributed by atoms with Crippen LogP contribution in [0, 0.1) is 0 Å². The summed E-state index contributed by atoms with van der Waals surface area (Å²) in [7, 11) is 2.05. The molecule has 0 bridgehead atoms. The second-order valence-electron chi connectivity index (χ2n) is 4.30. The van der Waals surface area contributed by atoms with Crippen molar-refractivity contribution >= 4 is 0 Å². The van der Waals surface area contributed by atoms with Crippen LogP contribution in [0.4, 0.5) is 0 Å². The Morgan fingerprint density at radius 1 is 1.39 bits per heavy atom. The highest BCUT2D eigenvalue weighted by atomic mass is 15.4. The largest absolute Gasteiger partial charge is 0.329 e. The van der Waals surface area contributed by atoms with Gasteiger partial charge in [-0.25, -0.2) is 0 Å². The van der Waals surface area contributed by atoms with Crippen molar-refractivity contribution in [2.75, 3.05) is 13.6 Å². The van der Waals surface area contributed by atoms with Gasteiger partial charge in [0.15, 0.2) is 0 Å². The standard InChI is InChI=1S/C12H18N6/c1-17(8-11-3-2-5-14-7-11)9-12-10-18(6-4-13)16-15-12/h2-3,5,7,10H,4,6,8-9,13H2,1H3. The smallest absolute Gasteiger partial charge is 0.0967 e. The number of rotatable bonds is 6. The fourth-order valence-electron chi connectivity index (χ4n) is 1.79. The van der Waals surface area contributed by atoms with E-state index in [-0.39, 0.29) is 0 Å². The second-order valence-corrected chi connectivity index (χ2v) is 4.30. The molecule has 2 heterocycles. The van der Waals surface area contributed by atoms with Gasteiger partial charge < -0.3 is 5.73 Å². The van der Waals surface area contributed by atoms with Crippen molar-refractivity contribution in [2.45, 2.75) is 19.6 Å². The molecule has 0 radical (unpaired) electrons. The van der Waals surface area contributed by atoms with E-state index in [4.69, 9.17) is 5.73 Å². The van der Waals surface area contributed by atoms with E-state index < -0.39 is 0 Å². The summed E-state index contributed by atoms with van der Waals surface area (Å²) in [5, 5.41) is 8.13. The predicted molar refractivity (Wildman–Crippen MR) is 68.5 cm³/mol. The summed E-state index contributed by atoms with van der Waals surface area (Å²) in [6.07, 6.45) is 5.59. The molecule has 0 atom stereocenters. The molecule has 0 amide bonds. The Balaban J connectivity index is 1.88. The van der Waals surface area contributed by atoms with Gasteiger partial charge in [-0.2, -0.15) is 0 Å². The van der Waals surface area contributed by atoms with Gasteiger partial charge in [0.2, 0.25) is 0 Å². The van der Waals surface area contributed by atoms with Crippen LogP contribution in [0.1, 0.15) is 11.3 Å². The highest BCUT2D eigenvalue weighted by Gasteiger charge is 2.05. The number of pyridine rings is 1. The molecular weight excluding hydrogens is 228 g/mol. The molecule has 0 saturated carbocycles. The Morgan fingerprint density at radius 3 is 3.00 bits per heavy atom. The number of hydrogen-bond donors (Lipinski definition) is 1. The first-order valence-electron chi connectivity index (χ1n) is 5.94. The van der Waals surface area contributed by atoms with Gasteiger partial charge in [0, 0.05) is 38.2 Å². The van der Waals surface area contributed by atoms with Crippen LogP contribution in [0.5, 0.6) is 0 Å². The predicted octanol–water partition coefficient (Wildman–Crippen LogP) is 0.264. The van der Waals surface area contributed by atoms with Crippen molar-refractivity contribution in [3.63, 3.8) is 0 Å². The van der Waals surface area contributed by atoms with E-state index in [1.165, 1.54) is 5.56 Å². The number of hydrogen-bond acceptors (Lipinski definition) is 5. The van der Waals surface area contributed by atoms with E-state index in [9.17, 15) is 0 Å². The van der Waals surface area contributed by atoms with E-state index in [0.29, 0.717) is 13.1 Å². The molecule has 18 heavy (non-hydrogen) atoms. The van der Waals surface area contributed by atoms with E-state index in [2.05, 4.69) is 33.3 Å². The summed E-state index contributed by atoms with van der Waals surface area (Å²) in [5.74, 6) is 0. The lowest BCUT2D eigenvalue weighted by Gasteiger charge is -2.14. The van der Waals surface area contributed by atoms with Crippen molar-refractivity contribution in [3.05, 3.63) is 42.0 Å². The molecular formula is C12H18N6. The van der Waals surface area contributed by atoms with Gasteiger partial charge in [0.1, 0.15) is 0 Å². The van der Waals surface area contributed by atoms with Crippen molar-refractivity contribution in [2.24, 2.45) is 5.73 Å². The van der Waals surface area contributed by atoms with Crippen LogP contribution in [-0.4, -0.2) is 38.5 Å². The van der Waals surface area contributed by atoms with Gasteiger partial charge in [0.05, 0.1) is 12.2 Å². The zero-order valence-corrected chi connectivity index (χ0v) is 10.5. The van der Waals surface area contributed by atoms with Gasteiger partial charge in [-0.3, -0.25) is 14.6 Å². The van der Waals surface area contributed by atoms with E-state index in [0.717, 1.165) is 18.8 Å². The monoisotopic (exact) mass is 246 g/mol. The Labute approximate surface area is 106 Å². The average Bonchev–Trinajstić information content (AvgIpc) is 2.78. The number of nitrogens with two attached hydrogens (primary N) is 1. The molecule has 0 saturated heterocycles. The van der Waals surface area contributed by atoms with Gasteiger partial charge in [-0.05, 0) is 18.7 Å². The van der Waals surface area contributed by atoms with Crippen molar-refractivity contribution in [1.29, 1.82) is 0 Å². The zero-order chi connectivity index (χ0) is 12.8. The molecule has 6 heteroatoms. The highest BCUT2D eigenvalue weighted by molar-refractivity contribution is 5.08. The number of nitrogens with zero attached hydrogens (tertiary/aromatic N) is 5. The SMILES string of the molecule is CN(Cc1cccnc1)Cc1cn(CCN)nn1. The molecule has 0 fully saturated rings. The molecule has 0 unspecified atom stereocenters. The molecule has 0 spiro atoms. The normalized spacial score (nSPS) is 11.1. The van der Waals surface area contributed by atoms with Gasteiger partial charge in [-0.15, -0.1) is 5.10 Å². The van der Waals surface area contributed by atoms with Crippen LogP contribution >= 0.6 is 0 Å². The van der Waals surface area contributed by atoms with Gasteiger partial charge in [-0.1, -0.05) is 11.3 Å². The van der Waals surface area contributed by atoms with E-state index in [1.54, 1.807) is 10.9 Å². The minimum atomic E-state index is 0.578.